The van der Waals surface area contributed by atoms with E-state index in [2.05, 4.69) is 15.4 Å². The summed E-state index contributed by atoms with van der Waals surface area (Å²) in [6.45, 7) is 2.00. The van der Waals surface area contributed by atoms with Crippen LogP contribution in [-0.4, -0.2) is 25.7 Å². The lowest BCUT2D eigenvalue weighted by Gasteiger charge is -2.30. The molecule has 0 spiro atoms. The van der Waals surface area contributed by atoms with Crippen LogP contribution >= 0.6 is 0 Å². The molecule has 4 aromatic rings. The first-order valence-electron chi connectivity index (χ1n) is 10.0. The average Bonchev–Trinajstić information content (AvgIpc) is 3.41. The Kier molecular flexibility index (Phi) is 3.89. The standard InChI is InChI=1S/C23H18N8/c1-16-20-21(17-9-8-14-24-15-17)31-23(30(27-28-31)19-12-6-3-7-13-19)25-22(20)29(26-16)18-10-4-2-5-11-18/h2-15,21H,1H3. The number of para-hydroxylation sites is 2. The van der Waals surface area contributed by atoms with Gasteiger partial charge >= 0.3 is 0 Å². The summed E-state index contributed by atoms with van der Waals surface area (Å²) < 4.78 is 1.89. The predicted octanol–water partition coefficient (Wildman–Crippen LogP) is 4.77. The van der Waals surface area contributed by atoms with Crippen molar-refractivity contribution < 1.29 is 0 Å². The highest BCUT2D eigenvalue weighted by molar-refractivity contribution is 5.99. The Bertz CT molecular complexity index is 1300. The molecule has 0 aliphatic carbocycles. The minimum atomic E-state index is -0.230. The van der Waals surface area contributed by atoms with Gasteiger partial charge in [-0.25, -0.2) is 4.68 Å². The van der Waals surface area contributed by atoms with Crippen LogP contribution in [0.15, 0.2) is 101 Å². The second kappa shape index (κ2) is 6.88. The number of rotatable bonds is 3. The summed E-state index contributed by atoms with van der Waals surface area (Å²) in [7, 11) is 0. The third-order valence-electron chi connectivity index (χ3n) is 5.43. The van der Waals surface area contributed by atoms with Crippen molar-refractivity contribution in [3.63, 3.8) is 0 Å². The number of fused-ring (bicyclic) bond motifs is 2. The lowest BCUT2D eigenvalue weighted by Crippen LogP contribution is -2.38. The summed E-state index contributed by atoms with van der Waals surface area (Å²) in [5.74, 6) is 1.40. The molecule has 31 heavy (non-hydrogen) atoms. The Labute approximate surface area is 178 Å². The van der Waals surface area contributed by atoms with Crippen LogP contribution in [0.1, 0.15) is 22.9 Å². The number of nitrogens with zero attached hydrogens (tertiary/aromatic N) is 8. The second-order valence-electron chi connectivity index (χ2n) is 7.34. The number of aromatic nitrogens is 3. The van der Waals surface area contributed by atoms with E-state index in [1.807, 2.05) is 95.6 Å². The van der Waals surface area contributed by atoms with E-state index in [1.54, 1.807) is 11.2 Å². The molecule has 6 rings (SSSR count). The number of aliphatic imine (C=N–C) groups is 1. The fourth-order valence-electron chi connectivity index (χ4n) is 4.03. The number of guanidine groups is 1. The molecule has 2 aliphatic rings. The molecule has 0 saturated carbocycles. The summed E-state index contributed by atoms with van der Waals surface area (Å²) >= 11 is 0. The first-order chi connectivity index (χ1) is 15.3. The zero-order valence-corrected chi connectivity index (χ0v) is 16.7. The Balaban J connectivity index is 1.59. The summed E-state index contributed by atoms with van der Waals surface area (Å²) in [6, 6.07) is 23.7. The topological polar surface area (TPSA) is 74.3 Å². The molecule has 2 aromatic carbocycles. The zero-order chi connectivity index (χ0) is 20.8. The molecule has 8 nitrogen and oxygen atoms in total. The molecule has 0 bridgehead atoms. The normalized spacial score (nSPS) is 16.8. The van der Waals surface area contributed by atoms with Gasteiger partial charge in [0.05, 0.1) is 17.1 Å². The second-order valence-corrected chi connectivity index (χ2v) is 7.34. The molecule has 150 valence electrons. The van der Waals surface area contributed by atoms with E-state index in [1.165, 1.54) is 0 Å². The van der Waals surface area contributed by atoms with Crippen LogP contribution < -0.4 is 5.01 Å². The van der Waals surface area contributed by atoms with Crippen molar-refractivity contribution >= 4 is 17.5 Å². The highest BCUT2D eigenvalue weighted by atomic mass is 15.8. The van der Waals surface area contributed by atoms with E-state index in [0.717, 1.165) is 34.0 Å². The molecule has 0 fully saturated rings. The van der Waals surface area contributed by atoms with Crippen LogP contribution in [0.4, 0.5) is 11.5 Å². The number of aryl methyl sites for hydroxylation is 1. The van der Waals surface area contributed by atoms with Crippen LogP contribution in [0.5, 0.6) is 0 Å². The van der Waals surface area contributed by atoms with Crippen molar-refractivity contribution in [1.29, 1.82) is 0 Å². The maximum atomic E-state index is 5.00. The fourth-order valence-corrected chi connectivity index (χ4v) is 4.03. The third kappa shape index (κ3) is 2.72. The zero-order valence-electron chi connectivity index (χ0n) is 16.7. The quantitative estimate of drug-likeness (QED) is 0.491. The Morgan fingerprint density at radius 3 is 2.26 bits per heavy atom. The van der Waals surface area contributed by atoms with Crippen molar-refractivity contribution in [3.8, 4) is 5.69 Å². The van der Waals surface area contributed by atoms with Gasteiger partial charge < -0.3 is 0 Å². The Morgan fingerprint density at radius 1 is 0.806 bits per heavy atom. The average molecular weight is 406 g/mol. The highest BCUT2D eigenvalue weighted by Gasteiger charge is 2.42. The van der Waals surface area contributed by atoms with Gasteiger partial charge in [0.15, 0.2) is 5.82 Å². The fraction of sp³-hybridized carbons (Fsp3) is 0.0870. The minimum absolute atomic E-state index is 0.230. The van der Waals surface area contributed by atoms with E-state index in [0.29, 0.717) is 5.96 Å². The molecule has 0 N–H and O–H groups in total. The Morgan fingerprint density at radius 2 is 1.55 bits per heavy atom. The molecular weight excluding hydrogens is 388 g/mol. The lowest BCUT2D eigenvalue weighted by molar-refractivity contribution is 0.364. The monoisotopic (exact) mass is 406 g/mol. The van der Waals surface area contributed by atoms with Gasteiger partial charge in [-0.05, 0) is 53.3 Å². The molecule has 2 aromatic heterocycles. The van der Waals surface area contributed by atoms with Crippen molar-refractivity contribution in [3.05, 3.63) is 102 Å². The summed E-state index contributed by atoms with van der Waals surface area (Å²) in [5, 5.41) is 17.3. The first kappa shape index (κ1) is 17.5. The summed E-state index contributed by atoms with van der Waals surface area (Å²) in [4.78, 5) is 9.34. The van der Waals surface area contributed by atoms with E-state index >= 15 is 0 Å². The molecule has 0 radical (unpaired) electrons. The maximum absolute atomic E-state index is 5.00. The van der Waals surface area contributed by atoms with E-state index in [4.69, 9.17) is 10.1 Å². The summed E-state index contributed by atoms with van der Waals surface area (Å²) in [6.07, 6.45) is 3.63. The van der Waals surface area contributed by atoms with E-state index < -0.39 is 0 Å². The third-order valence-corrected chi connectivity index (χ3v) is 5.43. The van der Waals surface area contributed by atoms with E-state index in [9.17, 15) is 0 Å². The molecule has 1 atom stereocenters. The molecule has 0 amide bonds. The van der Waals surface area contributed by atoms with Gasteiger partial charge in [-0.15, -0.1) is 0 Å². The smallest absolute Gasteiger partial charge is 0.253 e. The van der Waals surface area contributed by atoms with Crippen LogP contribution in [-0.2, 0) is 0 Å². The van der Waals surface area contributed by atoms with Crippen molar-refractivity contribution in [2.24, 2.45) is 15.4 Å². The van der Waals surface area contributed by atoms with Gasteiger partial charge in [-0.3, -0.25) is 4.98 Å². The Hall–Kier alpha value is -4.33. The molecule has 2 aliphatic heterocycles. The number of hydrogen-bond acceptors (Lipinski definition) is 7. The van der Waals surface area contributed by atoms with Gasteiger partial charge in [0.1, 0.15) is 6.04 Å². The van der Waals surface area contributed by atoms with Crippen LogP contribution in [0.2, 0.25) is 0 Å². The molecular formula is C23H18N8. The highest BCUT2D eigenvalue weighted by Crippen LogP contribution is 2.44. The van der Waals surface area contributed by atoms with Crippen LogP contribution in [0.25, 0.3) is 5.69 Å². The van der Waals surface area contributed by atoms with Crippen molar-refractivity contribution in [1.82, 2.24) is 19.8 Å². The molecule has 0 saturated heterocycles. The molecule has 4 heterocycles. The van der Waals surface area contributed by atoms with Gasteiger partial charge in [0.25, 0.3) is 5.96 Å². The first-order valence-corrected chi connectivity index (χ1v) is 10.0. The molecule has 8 heteroatoms. The van der Waals surface area contributed by atoms with Gasteiger partial charge in [0.2, 0.25) is 0 Å². The SMILES string of the molecule is Cc1nn(-c2ccccc2)c2c1C(c1cccnc1)N1N=NN(c3ccccc3)C1=N2. The largest absolute Gasteiger partial charge is 0.264 e. The number of anilines is 1. The predicted molar refractivity (Wildman–Crippen MR) is 117 cm³/mol. The molecule has 1 unspecified atom stereocenters. The van der Waals surface area contributed by atoms with Crippen LogP contribution in [0.3, 0.4) is 0 Å². The summed E-state index contributed by atoms with van der Waals surface area (Å²) in [5.41, 5.74) is 4.73. The van der Waals surface area contributed by atoms with Crippen molar-refractivity contribution in [2.75, 3.05) is 5.01 Å². The van der Waals surface area contributed by atoms with Crippen LogP contribution in [0, 0.1) is 6.92 Å². The van der Waals surface area contributed by atoms with Gasteiger partial charge in [-0.1, -0.05) is 42.5 Å². The number of benzene rings is 2. The maximum Gasteiger partial charge on any atom is 0.253 e. The van der Waals surface area contributed by atoms with Gasteiger partial charge in [-0.2, -0.15) is 20.1 Å². The van der Waals surface area contributed by atoms with Crippen molar-refractivity contribution in [2.45, 2.75) is 13.0 Å². The lowest BCUT2D eigenvalue weighted by atomic mass is 9.98. The number of pyridine rings is 1. The van der Waals surface area contributed by atoms with Gasteiger partial charge in [0, 0.05) is 18.0 Å². The van der Waals surface area contributed by atoms with E-state index in [-0.39, 0.29) is 6.04 Å². The number of hydrogen-bond donors (Lipinski definition) is 0. The minimum Gasteiger partial charge on any atom is -0.264 e.